The molecule has 0 bridgehead atoms. The van der Waals surface area contributed by atoms with Gasteiger partial charge in [0.1, 0.15) is 5.75 Å². The Bertz CT molecular complexity index is 517. The van der Waals surface area contributed by atoms with Crippen molar-refractivity contribution in [1.82, 2.24) is 0 Å². The molecule has 0 unspecified atom stereocenters. The monoisotopic (exact) mass is 522 g/mol. The van der Waals surface area contributed by atoms with Crippen LogP contribution in [-0.2, 0) is 22.4 Å². The van der Waals surface area contributed by atoms with Gasteiger partial charge < -0.3 is 33.8 Å². The zero-order valence-corrected chi connectivity index (χ0v) is 15.0. The molecule has 7 heteroatoms. The van der Waals surface area contributed by atoms with Crippen molar-refractivity contribution in [2.24, 2.45) is 0 Å². The molecule has 0 aromatic heterocycles. The van der Waals surface area contributed by atoms with Crippen LogP contribution in [0.2, 0.25) is 15.1 Å². The molecule has 106 valence electrons. The zero-order valence-electron chi connectivity index (χ0n) is 9.13. The maximum Gasteiger partial charge on any atom is 1.00 e. The second-order valence-electron chi connectivity index (χ2n) is 3.29. The summed E-state index contributed by atoms with van der Waals surface area (Å²) in [5.74, 6) is 0.635. The van der Waals surface area contributed by atoms with Gasteiger partial charge in [0.15, 0.2) is 11.5 Å². The third-order valence-corrected chi connectivity index (χ3v) is 2.80. The van der Waals surface area contributed by atoms with Crippen LogP contribution in [0.3, 0.4) is 0 Å². The van der Waals surface area contributed by atoms with Gasteiger partial charge in [-0.1, -0.05) is 34.8 Å². The average molecular weight is 524 g/mol. The Hall–Kier alpha value is 0.380. The second kappa shape index (κ2) is 8.62. The molecule has 1 N–H and O–H groups in total. The van der Waals surface area contributed by atoms with Gasteiger partial charge in [-0.2, -0.15) is 0 Å². The average Bonchev–Trinajstić information content (AvgIpc) is 2.25. The molecule has 2 aromatic carbocycles. The molecule has 0 atom stereocenters. The second-order valence-corrected chi connectivity index (χ2v) is 4.57. The minimum absolute atomic E-state index is 0. The fraction of sp³-hybridized carbons (Fsp3) is 0. The maximum atomic E-state index is 9.62. The Labute approximate surface area is 158 Å². The van der Waals surface area contributed by atoms with Crippen molar-refractivity contribution in [2.45, 2.75) is 0 Å². The number of hydrogen-bond acceptors (Lipinski definition) is 2. The first kappa shape index (κ1) is 19.4. The van der Waals surface area contributed by atoms with E-state index in [0.29, 0.717) is 20.8 Å². The Morgan fingerprint density at radius 3 is 1.89 bits per heavy atom. The van der Waals surface area contributed by atoms with E-state index in [0.717, 1.165) is 0 Å². The molecule has 0 saturated heterocycles. The van der Waals surface area contributed by atoms with Crippen molar-refractivity contribution >= 4 is 34.8 Å². The predicted octanol–water partition coefficient (Wildman–Crippen LogP) is 2.15. The van der Waals surface area contributed by atoms with Crippen LogP contribution in [0.4, 0.5) is 0 Å². The van der Waals surface area contributed by atoms with Crippen LogP contribution in [0.1, 0.15) is 0 Å². The fourth-order valence-electron chi connectivity index (χ4n) is 1.25. The Morgan fingerprint density at radius 2 is 1.37 bits per heavy atom. The molecule has 0 spiro atoms. The third kappa shape index (κ3) is 5.34. The van der Waals surface area contributed by atoms with Crippen molar-refractivity contribution in [2.75, 3.05) is 0 Å². The summed E-state index contributed by atoms with van der Waals surface area (Å²) in [5, 5.41) is 10.9. The van der Waals surface area contributed by atoms with E-state index in [9.17, 15) is 5.11 Å². The molecular weight excluding hydrogens is 517 g/mol. The van der Waals surface area contributed by atoms with Gasteiger partial charge in [0.2, 0.25) is 0 Å². The van der Waals surface area contributed by atoms with Crippen LogP contribution in [0.25, 0.3) is 0 Å². The molecular formula is C12H7AgCl3IO2. The van der Waals surface area contributed by atoms with E-state index < -0.39 is 0 Å². The smallest absolute Gasteiger partial charge is 1.00 e. The Kier molecular flexibility index (Phi) is 8.79. The first-order valence-electron chi connectivity index (χ1n) is 4.67. The Morgan fingerprint density at radius 1 is 0.842 bits per heavy atom. The van der Waals surface area contributed by atoms with E-state index in [2.05, 4.69) is 0 Å². The van der Waals surface area contributed by atoms with E-state index >= 15 is 0 Å². The summed E-state index contributed by atoms with van der Waals surface area (Å²) in [7, 11) is 0. The minimum Gasteiger partial charge on any atom is -1.00 e. The van der Waals surface area contributed by atoms with E-state index in [4.69, 9.17) is 39.5 Å². The number of aromatic hydroxyl groups is 1. The van der Waals surface area contributed by atoms with E-state index in [1.807, 2.05) is 0 Å². The van der Waals surface area contributed by atoms with Gasteiger partial charge in [-0.15, -0.1) is 0 Å². The number of ether oxygens (including phenoxy) is 1. The summed E-state index contributed by atoms with van der Waals surface area (Å²) in [6, 6.07) is 9.39. The molecule has 0 aliphatic rings. The SMILES string of the molecule is Oc1cc(Cl)ccc1Oc1ccc(Cl)cc1Cl.[Ag+].[I-]. The summed E-state index contributed by atoms with van der Waals surface area (Å²) in [5.41, 5.74) is 0. The van der Waals surface area contributed by atoms with Gasteiger partial charge in [-0.05, 0) is 30.3 Å². The summed E-state index contributed by atoms with van der Waals surface area (Å²) in [6.45, 7) is 0. The van der Waals surface area contributed by atoms with Gasteiger partial charge in [0, 0.05) is 16.1 Å². The topological polar surface area (TPSA) is 29.5 Å². The van der Waals surface area contributed by atoms with Crippen molar-refractivity contribution < 1.29 is 56.2 Å². The van der Waals surface area contributed by atoms with Crippen LogP contribution >= 0.6 is 34.8 Å². The first-order chi connectivity index (χ1) is 8.06. The molecule has 2 aromatic rings. The van der Waals surface area contributed by atoms with Gasteiger partial charge >= 0.3 is 22.4 Å². The van der Waals surface area contributed by atoms with Gasteiger partial charge in [-0.25, -0.2) is 0 Å². The number of hydrogen-bond donors (Lipinski definition) is 1. The van der Waals surface area contributed by atoms with Crippen molar-refractivity contribution in [3.05, 3.63) is 51.5 Å². The van der Waals surface area contributed by atoms with Gasteiger partial charge in [0.05, 0.1) is 5.02 Å². The molecule has 19 heavy (non-hydrogen) atoms. The zero-order chi connectivity index (χ0) is 12.4. The molecule has 2 nitrogen and oxygen atoms in total. The third-order valence-electron chi connectivity index (χ3n) is 2.03. The normalized spacial score (nSPS) is 9.21. The molecule has 0 saturated carbocycles. The number of phenolic OH excluding ortho intramolecular Hbond substituents is 1. The summed E-state index contributed by atoms with van der Waals surface area (Å²) < 4.78 is 5.45. The number of halogens is 4. The van der Waals surface area contributed by atoms with Crippen LogP contribution in [0, 0.1) is 0 Å². The molecule has 0 aliphatic carbocycles. The van der Waals surface area contributed by atoms with Crippen LogP contribution < -0.4 is 28.7 Å². The molecule has 0 aliphatic heterocycles. The quantitative estimate of drug-likeness (QED) is 0.483. The van der Waals surface area contributed by atoms with E-state index in [1.165, 1.54) is 6.07 Å². The van der Waals surface area contributed by atoms with E-state index in [-0.39, 0.29) is 57.9 Å². The summed E-state index contributed by atoms with van der Waals surface area (Å²) in [4.78, 5) is 0. The summed E-state index contributed by atoms with van der Waals surface area (Å²) >= 11 is 17.4. The largest absolute Gasteiger partial charge is 1.00 e. The van der Waals surface area contributed by atoms with Crippen LogP contribution in [0.15, 0.2) is 36.4 Å². The van der Waals surface area contributed by atoms with Crippen molar-refractivity contribution in [3.63, 3.8) is 0 Å². The predicted molar refractivity (Wildman–Crippen MR) is 69.7 cm³/mol. The van der Waals surface area contributed by atoms with Gasteiger partial charge in [-0.3, -0.25) is 0 Å². The standard InChI is InChI=1S/C12H7Cl3O2.Ag.HI/c13-7-1-3-11(9(15)5-7)17-12-4-2-8(14)6-10(12)16;;/h1-6,16H;;1H/q;+1;/p-1. The fourth-order valence-corrected chi connectivity index (χ4v) is 1.87. The maximum absolute atomic E-state index is 9.62. The molecule has 0 radical (unpaired) electrons. The number of benzene rings is 2. The molecule has 0 heterocycles. The summed E-state index contributed by atoms with van der Waals surface area (Å²) in [6.07, 6.45) is 0. The van der Waals surface area contributed by atoms with E-state index in [1.54, 1.807) is 30.3 Å². The van der Waals surface area contributed by atoms with Crippen LogP contribution in [0.5, 0.6) is 17.2 Å². The molecule has 0 amide bonds. The first-order valence-corrected chi connectivity index (χ1v) is 5.81. The van der Waals surface area contributed by atoms with Crippen molar-refractivity contribution in [1.29, 1.82) is 0 Å². The number of phenols is 1. The Balaban J connectivity index is 0.00000162. The van der Waals surface area contributed by atoms with Crippen LogP contribution in [-0.4, -0.2) is 5.11 Å². The molecule has 0 fully saturated rings. The van der Waals surface area contributed by atoms with Crippen molar-refractivity contribution in [3.8, 4) is 17.2 Å². The molecule has 2 rings (SSSR count). The minimum atomic E-state index is -0.0523. The number of rotatable bonds is 2. The van der Waals surface area contributed by atoms with Gasteiger partial charge in [0.25, 0.3) is 0 Å².